The van der Waals surface area contributed by atoms with Gasteiger partial charge in [0.2, 0.25) is 0 Å². The average Bonchev–Trinajstić information content (AvgIpc) is 2.88. The van der Waals surface area contributed by atoms with Gasteiger partial charge in [-0.15, -0.1) is 0 Å². The average molecular weight is 311 g/mol. The van der Waals surface area contributed by atoms with Crippen LogP contribution in [0.5, 0.6) is 0 Å². The molecule has 3 aliphatic rings. The summed E-state index contributed by atoms with van der Waals surface area (Å²) in [6.45, 7) is 6.06. The third kappa shape index (κ3) is 2.48. The van der Waals surface area contributed by atoms with Crippen molar-refractivity contribution >= 4 is 11.7 Å². The molecule has 0 spiro atoms. The Labute approximate surface area is 136 Å². The number of rotatable bonds is 2. The molecule has 0 atom stereocenters. The molecule has 0 N–H and O–H groups in total. The van der Waals surface area contributed by atoms with Gasteiger partial charge in [-0.1, -0.05) is 12.2 Å². The highest BCUT2D eigenvalue weighted by molar-refractivity contribution is 5.96. The lowest BCUT2D eigenvalue weighted by Gasteiger charge is -2.33. The first-order chi connectivity index (χ1) is 11.1. The van der Waals surface area contributed by atoms with Crippen molar-refractivity contribution in [1.29, 1.82) is 0 Å². The second kappa shape index (κ2) is 5.37. The van der Waals surface area contributed by atoms with E-state index in [2.05, 4.69) is 14.9 Å². The molecular weight excluding hydrogens is 290 g/mol. The number of aryl methyl sites for hydroxylation is 1. The molecule has 0 radical (unpaired) electrons. The molecule has 120 valence electrons. The van der Waals surface area contributed by atoms with Crippen LogP contribution in [0.3, 0.4) is 0 Å². The topological polar surface area (TPSA) is 52.6 Å². The van der Waals surface area contributed by atoms with Crippen molar-refractivity contribution in [3.8, 4) is 0 Å². The number of carbonyl (C=O) groups is 1. The van der Waals surface area contributed by atoms with Gasteiger partial charge in [0.1, 0.15) is 11.6 Å². The highest BCUT2D eigenvalue weighted by Crippen LogP contribution is 2.32. The first-order valence-electron chi connectivity index (χ1n) is 8.11. The number of hydrogen-bond donors (Lipinski definition) is 0. The zero-order valence-electron chi connectivity index (χ0n) is 13.6. The summed E-state index contributed by atoms with van der Waals surface area (Å²) in [4.78, 5) is 28.2. The van der Waals surface area contributed by atoms with Crippen LogP contribution in [0.15, 0.2) is 23.9 Å². The maximum absolute atomic E-state index is 12.8. The van der Waals surface area contributed by atoms with Crippen molar-refractivity contribution in [3.63, 3.8) is 0 Å². The summed E-state index contributed by atoms with van der Waals surface area (Å²) in [5, 5.41) is 0. The number of fused-ring (bicyclic) bond motifs is 1. The van der Waals surface area contributed by atoms with Crippen molar-refractivity contribution in [2.24, 2.45) is 0 Å². The number of anilines is 1. The molecule has 0 bridgehead atoms. The van der Waals surface area contributed by atoms with Crippen LogP contribution in [0.4, 0.5) is 5.82 Å². The zero-order chi connectivity index (χ0) is 16.0. The second-order valence-corrected chi connectivity index (χ2v) is 6.45. The Kier molecular flexibility index (Phi) is 3.32. The number of likely N-dealkylation sites (N-methyl/N-ethyl adjacent to an activating group) is 1. The van der Waals surface area contributed by atoms with Crippen LogP contribution in [0.2, 0.25) is 0 Å². The highest BCUT2D eigenvalue weighted by Gasteiger charge is 2.32. The fourth-order valence-electron chi connectivity index (χ4n) is 3.28. The quantitative estimate of drug-likeness (QED) is 0.822. The van der Waals surface area contributed by atoms with Gasteiger partial charge >= 0.3 is 0 Å². The van der Waals surface area contributed by atoms with E-state index >= 15 is 0 Å². The molecule has 6 nitrogen and oxygen atoms in total. The highest BCUT2D eigenvalue weighted by atomic mass is 16.2. The maximum atomic E-state index is 12.8. The molecule has 6 heteroatoms. The summed E-state index contributed by atoms with van der Waals surface area (Å²) in [7, 11) is 1.98. The second-order valence-electron chi connectivity index (χ2n) is 6.45. The predicted molar refractivity (Wildman–Crippen MR) is 87.7 cm³/mol. The first kappa shape index (κ1) is 14.2. The number of nitrogens with zero attached hydrogens (tertiary/aromatic N) is 5. The predicted octanol–water partition coefficient (Wildman–Crippen LogP) is 1.22. The van der Waals surface area contributed by atoms with Gasteiger partial charge in [-0.3, -0.25) is 4.79 Å². The zero-order valence-corrected chi connectivity index (χ0v) is 13.6. The van der Waals surface area contributed by atoms with Gasteiger partial charge in [-0.25, -0.2) is 9.97 Å². The van der Waals surface area contributed by atoms with Crippen LogP contribution in [0, 0.1) is 6.92 Å². The fraction of sp³-hybridized carbons (Fsp3) is 0.471. The molecule has 0 saturated carbocycles. The molecule has 0 aromatic carbocycles. The van der Waals surface area contributed by atoms with E-state index in [1.807, 2.05) is 42.1 Å². The SMILES string of the molecule is Cc1nc2c(c(N3CCC3)n1)CN(C(=O)C1=CN(C)CC=C1)C2. The van der Waals surface area contributed by atoms with Crippen molar-refractivity contribution in [1.82, 2.24) is 19.8 Å². The molecule has 1 amide bonds. The number of aromatic nitrogens is 2. The molecule has 1 fully saturated rings. The third-order valence-corrected chi connectivity index (χ3v) is 4.61. The summed E-state index contributed by atoms with van der Waals surface area (Å²) >= 11 is 0. The molecule has 0 unspecified atom stereocenters. The largest absolute Gasteiger partial charge is 0.376 e. The van der Waals surface area contributed by atoms with E-state index in [-0.39, 0.29) is 5.91 Å². The van der Waals surface area contributed by atoms with Crippen LogP contribution in [0.1, 0.15) is 23.5 Å². The molecule has 23 heavy (non-hydrogen) atoms. The Morgan fingerprint density at radius 3 is 2.74 bits per heavy atom. The molecule has 4 heterocycles. The minimum atomic E-state index is 0.0676. The molecule has 0 aliphatic carbocycles. The van der Waals surface area contributed by atoms with Gasteiger partial charge in [0.05, 0.1) is 24.4 Å². The maximum Gasteiger partial charge on any atom is 0.255 e. The van der Waals surface area contributed by atoms with E-state index in [9.17, 15) is 4.79 Å². The Balaban J connectivity index is 1.60. The van der Waals surface area contributed by atoms with E-state index in [1.165, 1.54) is 6.42 Å². The standard InChI is InChI=1S/C17H21N5O/c1-12-18-15-11-22(17(23)13-5-3-6-20(2)9-13)10-14(15)16(19-12)21-7-4-8-21/h3,5,9H,4,6-8,10-11H2,1-2H3. The Hall–Kier alpha value is -2.37. The van der Waals surface area contributed by atoms with Crippen LogP contribution >= 0.6 is 0 Å². The van der Waals surface area contributed by atoms with Crippen LogP contribution in [-0.4, -0.2) is 52.4 Å². The molecule has 3 aliphatic heterocycles. The van der Waals surface area contributed by atoms with E-state index in [0.29, 0.717) is 13.1 Å². The molecule has 1 saturated heterocycles. The summed E-state index contributed by atoms with van der Waals surface area (Å²) < 4.78 is 0. The van der Waals surface area contributed by atoms with Crippen molar-refractivity contribution in [3.05, 3.63) is 41.0 Å². The Morgan fingerprint density at radius 2 is 2.04 bits per heavy atom. The van der Waals surface area contributed by atoms with E-state index in [1.54, 1.807) is 0 Å². The molecule has 4 rings (SSSR count). The minimum Gasteiger partial charge on any atom is -0.376 e. The van der Waals surface area contributed by atoms with Crippen molar-refractivity contribution in [2.75, 3.05) is 31.6 Å². The van der Waals surface area contributed by atoms with E-state index in [4.69, 9.17) is 0 Å². The fourth-order valence-corrected chi connectivity index (χ4v) is 3.28. The third-order valence-electron chi connectivity index (χ3n) is 4.61. The van der Waals surface area contributed by atoms with Crippen LogP contribution in [0.25, 0.3) is 0 Å². The lowest BCUT2D eigenvalue weighted by Crippen LogP contribution is -2.38. The summed E-state index contributed by atoms with van der Waals surface area (Å²) in [6.07, 6.45) is 7.06. The molecular formula is C17H21N5O. The van der Waals surface area contributed by atoms with E-state index in [0.717, 1.165) is 48.1 Å². The summed E-state index contributed by atoms with van der Waals surface area (Å²) in [6, 6.07) is 0. The normalized spacial score (nSPS) is 19.6. The Morgan fingerprint density at radius 1 is 1.22 bits per heavy atom. The number of hydrogen-bond acceptors (Lipinski definition) is 5. The van der Waals surface area contributed by atoms with Gasteiger partial charge in [0, 0.05) is 38.4 Å². The van der Waals surface area contributed by atoms with Gasteiger partial charge in [-0.2, -0.15) is 0 Å². The van der Waals surface area contributed by atoms with Gasteiger partial charge in [-0.05, 0) is 13.3 Å². The number of carbonyl (C=O) groups excluding carboxylic acids is 1. The number of amides is 1. The Bertz CT molecular complexity index is 720. The van der Waals surface area contributed by atoms with E-state index < -0.39 is 0 Å². The lowest BCUT2D eigenvalue weighted by atomic mass is 10.1. The molecule has 1 aromatic rings. The monoisotopic (exact) mass is 311 g/mol. The van der Waals surface area contributed by atoms with Crippen LogP contribution < -0.4 is 4.90 Å². The summed E-state index contributed by atoms with van der Waals surface area (Å²) in [5.74, 6) is 1.88. The first-order valence-corrected chi connectivity index (χ1v) is 8.11. The smallest absolute Gasteiger partial charge is 0.255 e. The van der Waals surface area contributed by atoms with Crippen molar-refractivity contribution in [2.45, 2.75) is 26.4 Å². The van der Waals surface area contributed by atoms with Crippen LogP contribution in [-0.2, 0) is 17.9 Å². The van der Waals surface area contributed by atoms with Crippen molar-refractivity contribution < 1.29 is 4.79 Å². The minimum absolute atomic E-state index is 0.0676. The van der Waals surface area contributed by atoms with Gasteiger partial charge in [0.15, 0.2) is 0 Å². The van der Waals surface area contributed by atoms with Gasteiger partial charge < -0.3 is 14.7 Å². The summed E-state index contributed by atoms with van der Waals surface area (Å²) in [5.41, 5.74) is 2.86. The molecule has 1 aromatic heterocycles. The lowest BCUT2D eigenvalue weighted by molar-refractivity contribution is -0.127. The van der Waals surface area contributed by atoms with Gasteiger partial charge in [0.25, 0.3) is 5.91 Å².